The number of ether oxygens (including phenoxy) is 1. The van der Waals surface area contributed by atoms with E-state index in [0.29, 0.717) is 0 Å². The fourth-order valence-corrected chi connectivity index (χ4v) is 1.66. The maximum Gasteiger partial charge on any atom is 0.191 e. The van der Waals surface area contributed by atoms with Crippen LogP contribution in [-0.4, -0.2) is 63.8 Å². The predicted molar refractivity (Wildman–Crippen MR) is 82.3 cm³/mol. The number of aliphatic imine (C=N–C) groups is 1. The molecule has 0 saturated carbocycles. The van der Waals surface area contributed by atoms with E-state index in [1.807, 2.05) is 0 Å². The molecule has 2 N–H and O–H groups in total. The Morgan fingerprint density at radius 3 is 2.82 bits per heavy atom. The van der Waals surface area contributed by atoms with Gasteiger partial charge in [0, 0.05) is 33.2 Å². The van der Waals surface area contributed by atoms with Crippen molar-refractivity contribution in [2.24, 2.45) is 4.99 Å². The molecular weight excluding hydrogens is 331 g/mol. The van der Waals surface area contributed by atoms with Gasteiger partial charge in [-0.3, -0.25) is 4.99 Å². The average molecular weight is 356 g/mol. The zero-order valence-electron chi connectivity index (χ0n) is 11.0. The van der Waals surface area contributed by atoms with Crippen LogP contribution in [0.2, 0.25) is 0 Å². The minimum Gasteiger partial charge on any atom is -0.374 e. The monoisotopic (exact) mass is 356 g/mol. The number of morpholine rings is 1. The van der Waals surface area contributed by atoms with E-state index >= 15 is 0 Å². The van der Waals surface area contributed by atoms with Crippen molar-refractivity contribution >= 4 is 29.9 Å². The summed E-state index contributed by atoms with van der Waals surface area (Å²) in [7, 11) is 3.92. The Morgan fingerprint density at radius 2 is 2.24 bits per heavy atom. The molecule has 1 unspecified atom stereocenters. The SMILES string of the molecule is CCCNC(=NC)NCC1CN(C)CCO1.I. The highest BCUT2D eigenvalue weighted by Gasteiger charge is 2.17. The van der Waals surface area contributed by atoms with Gasteiger partial charge in [0.1, 0.15) is 0 Å². The van der Waals surface area contributed by atoms with Crippen molar-refractivity contribution in [2.45, 2.75) is 19.4 Å². The van der Waals surface area contributed by atoms with Crippen molar-refractivity contribution in [3.63, 3.8) is 0 Å². The molecule has 6 heteroatoms. The van der Waals surface area contributed by atoms with Crippen molar-refractivity contribution in [1.82, 2.24) is 15.5 Å². The van der Waals surface area contributed by atoms with Gasteiger partial charge in [-0.15, -0.1) is 24.0 Å². The van der Waals surface area contributed by atoms with Gasteiger partial charge in [0.05, 0.1) is 12.7 Å². The number of guanidine groups is 1. The molecule has 1 aliphatic heterocycles. The first kappa shape index (κ1) is 16.9. The maximum atomic E-state index is 5.66. The van der Waals surface area contributed by atoms with Gasteiger partial charge in [-0.05, 0) is 13.5 Å². The first-order valence-corrected chi connectivity index (χ1v) is 6.01. The van der Waals surface area contributed by atoms with Crippen LogP contribution in [0.1, 0.15) is 13.3 Å². The minimum atomic E-state index is 0. The third-order valence-corrected chi connectivity index (χ3v) is 2.61. The van der Waals surface area contributed by atoms with Crippen LogP contribution in [-0.2, 0) is 4.74 Å². The molecule has 0 aromatic carbocycles. The van der Waals surface area contributed by atoms with Crippen LogP contribution in [0.3, 0.4) is 0 Å². The van der Waals surface area contributed by atoms with Crippen LogP contribution >= 0.6 is 24.0 Å². The molecule has 1 atom stereocenters. The Kier molecular flexibility index (Phi) is 9.85. The Bertz CT molecular complexity index is 226. The normalized spacial score (nSPS) is 21.8. The van der Waals surface area contributed by atoms with Crippen LogP contribution < -0.4 is 10.6 Å². The van der Waals surface area contributed by atoms with Gasteiger partial charge in [0.25, 0.3) is 0 Å². The zero-order chi connectivity index (χ0) is 11.8. The Balaban J connectivity index is 0.00000256. The van der Waals surface area contributed by atoms with Crippen molar-refractivity contribution in [2.75, 3.05) is 46.9 Å². The first-order chi connectivity index (χ1) is 7.76. The lowest BCUT2D eigenvalue weighted by atomic mass is 10.3. The molecule has 1 aliphatic rings. The van der Waals surface area contributed by atoms with E-state index in [1.54, 1.807) is 7.05 Å². The van der Waals surface area contributed by atoms with Crippen LogP contribution in [0.15, 0.2) is 4.99 Å². The molecule has 1 rings (SSSR count). The fourth-order valence-electron chi connectivity index (χ4n) is 1.66. The highest BCUT2D eigenvalue weighted by Crippen LogP contribution is 2.01. The quantitative estimate of drug-likeness (QED) is 0.438. The summed E-state index contributed by atoms with van der Waals surface area (Å²) in [5, 5.41) is 6.52. The van der Waals surface area contributed by atoms with E-state index in [1.165, 1.54) is 0 Å². The molecule has 0 spiro atoms. The van der Waals surface area contributed by atoms with Crippen LogP contribution in [0.5, 0.6) is 0 Å². The van der Waals surface area contributed by atoms with Crippen molar-refractivity contribution in [3.05, 3.63) is 0 Å². The number of hydrogen-bond donors (Lipinski definition) is 2. The van der Waals surface area contributed by atoms with Gasteiger partial charge in [0.15, 0.2) is 5.96 Å². The molecule has 1 fully saturated rings. The summed E-state index contributed by atoms with van der Waals surface area (Å²) in [6.07, 6.45) is 1.36. The topological polar surface area (TPSA) is 48.9 Å². The maximum absolute atomic E-state index is 5.66. The summed E-state index contributed by atoms with van der Waals surface area (Å²) in [5.74, 6) is 0.860. The summed E-state index contributed by atoms with van der Waals surface area (Å²) in [6.45, 7) is 6.74. The number of rotatable bonds is 4. The largest absolute Gasteiger partial charge is 0.374 e. The lowest BCUT2D eigenvalue weighted by Gasteiger charge is -2.30. The Hall–Kier alpha value is -0.0800. The second-order valence-electron chi connectivity index (χ2n) is 4.13. The highest BCUT2D eigenvalue weighted by molar-refractivity contribution is 14.0. The summed E-state index contributed by atoms with van der Waals surface area (Å²) < 4.78 is 5.66. The zero-order valence-corrected chi connectivity index (χ0v) is 13.4. The van der Waals surface area contributed by atoms with Gasteiger partial charge in [-0.2, -0.15) is 0 Å². The molecule has 1 heterocycles. The molecular formula is C11H25IN4O. The third kappa shape index (κ3) is 7.05. The second kappa shape index (κ2) is 9.90. The summed E-state index contributed by atoms with van der Waals surface area (Å²) >= 11 is 0. The molecule has 0 aromatic rings. The molecule has 0 amide bonds. The molecule has 0 aromatic heterocycles. The average Bonchev–Trinajstić information content (AvgIpc) is 2.29. The van der Waals surface area contributed by atoms with E-state index in [0.717, 1.165) is 45.2 Å². The molecule has 17 heavy (non-hydrogen) atoms. The molecule has 102 valence electrons. The standard InChI is InChI=1S/C11H24N4O.HI/c1-4-5-13-11(12-2)14-8-10-9-15(3)6-7-16-10;/h10H,4-9H2,1-3H3,(H2,12,13,14);1H. The number of nitrogens with zero attached hydrogens (tertiary/aromatic N) is 2. The van der Waals surface area contributed by atoms with Gasteiger partial charge in [-0.25, -0.2) is 0 Å². The van der Waals surface area contributed by atoms with Crippen molar-refractivity contribution < 1.29 is 4.74 Å². The molecule has 1 saturated heterocycles. The summed E-state index contributed by atoms with van der Waals surface area (Å²) in [6, 6.07) is 0. The predicted octanol–water partition coefficient (Wildman–Crippen LogP) is 0.510. The van der Waals surface area contributed by atoms with Crippen LogP contribution in [0, 0.1) is 0 Å². The van der Waals surface area contributed by atoms with Gasteiger partial charge in [0.2, 0.25) is 0 Å². The summed E-state index contributed by atoms with van der Waals surface area (Å²) in [4.78, 5) is 6.44. The molecule has 0 aliphatic carbocycles. The van der Waals surface area contributed by atoms with E-state index in [9.17, 15) is 0 Å². The van der Waals surface area contributed by atoms with E-state index in [4.69, 9.17) is 4.74 Å². The number of likely N-dealkylation sites (N-methyl/N-ethyl adjacent to an activating group) is 1. The number of halogens is 1. The summed E-state index contributed by atoms with van der Waals surface area (Å²) in [5.41, 5.74) is 0. The van der Waals surface area contributed by atoms with Crippen molar-refractivity contribution in [1.29, 1.82) is 0 Å². The van der Waals surface area contributed by atoms with E-state index in [-0.39, 0.29) is 30.1 Å². The van der Waals surface area contributed by atoms with Gasteiger partial charge < -0.3 is 20.3 Å². The minimum absolute atomic E-state index is 0. The number of nitrogens with one attached hydrogen (secondary N) is 2. The number of hydrogen-bond acceptors (Lipinski definition) is 3. The smallest absolute Gasteiger partial charge is 0.191 e. The van der Waals surface area contributed by atoms with E-state index in [2.05, 4.69) is 34.5 Å². The van der Waals surface area contributed by atoms with Crippen LogP contribution in [0.25, 0.3) is 0 Å². The second-order valence-corrected chi connectivity index (χ2v) is 4.13. The lowest BCUT2D eigenvalue weighted by molar-refractivity contribution is -0.0161. The third-order valence-electron chi connectivity index (χ3n) is 2.61. The first-order valence-electron chi connectivity index (χ1n) is 6.01. The molecule has 5 nitrogen and oxygen atoms in total. The molecule has 0 bridgehead atoms. The highest BCUT2D eigenvalue weighted by atomic mass is 127. The van der Waals surface area contributed by atoms with Gasteiger partial charge in [-0.1, -0.05) is 6.92 Å². The van der Waals surface area contributed by atoms with E-state index < -0.39 is 0 Å². The van der Waals surface area contributed by atoms with Crippen molar-refractivity contribution in [3.8, 4) is 0 Å². The van der Waals surface area contributed by atoms with Crippen LogP contribution in [0.4, 0.5) is 0 Å². The Labute approximate surface area is 121 Å². The van der Waals surface area contributed by atoms with Gasteiger partial charge >= 0.3 is 0 Å². The lowest BCUT2D eigenvalue weighted by Crippen LogP contribution is -2.48. The Morgan fingerprint density at radius 1 is 1.47 bits per heavy atom. The molecule has 0 radical (unpaired) electrons. The fraction of sp³-hybridized carbons (Fsp3) is 0.909.